The zero-order valence-corrected chi connectivity index (χ0v) is 41.8. The Kier molecular flexibility index (Phi) is 14.6. The summed E-state index contributed by atoms with van der Waals surface area (Å²) in [5.41, 5.74) is 6.65. The minimum absolute atomic E-state index is 0.0190. The van der Waals surface area contributed by atoms with Gasteiger partial charge in [0.2, 0.25) is 5.88 Å². The summed E-state index contributed by atoms with van der Waals surface area (Å²) < 4.78 is 55.2. The lowest BCUT2D eigenvalue weighted by Gasteiger charge is -2.45. The molecule has 0 bridgehead atoms. The van der Waals surface area contributed by atoms with Crippen molar-refractivity contribution < 1.29 is 42.6 Å². The first-order chi connectivity index (χ1) is 34.3. The zero-order chi connectivity index (χ0) is 49.3. The van der Waals surface area contributed by atoms with E-state index in [1.807, 2.05) is 41.3 Å². The fourth-order valence-corrected chi connectivity index (χ4v) is 11.8. The molecule has 3 atom stereocenters. The number of hydrogen-bond acceptors (Lipinski definition) is 14. The number of piperazine rings is 1. The van der Waals surface area contributed by atoms with Gasteiger partial charge in [-0.3, -0.25) is 9.69 Å². The number of H-pyrrole nitrogens is 1. The molecule has 71 heavy (non-hydrogen) atoms. The van der Waals surface area contributed by atoms with Crippen molar-refractivity contribution in [2.75, 3.05) is 94.0 Å². The number of amides is 1. The average molecular weight is 1010 g/mol. The fraction of sp³-hybridized carbons (Fsp3) is 0.462. The first kappa shape index (κ1) is 49.3. The molecule has 2 unspecified atom stereocenters. The van der Waals surface area contributed by atoms with Gasteiger partial charge in [-0.25, -0.2) is 18.3 Å². The SMILES string of the molecule is CC1(C)CC(c2ccc(Cl)cc2)=C2CN3CCN(c4ccc(C(=O)NS(=O)(=O)c5ccc(NCC6CCOCC6)c([NH+]([O-])O)c5)c(N5CCCOc6nc7[nH]ccc7cc65)c4)CC3COCCCO[C@@H]2C1. The van der Waals surface area contributed by atoms with Gasteiger partial charge in [0.05, 0.1) is 47.2 Å². The van der Waals surface area contributed by atoms with Crippen molar-refractivity contribution in [1.82, 2.24) is 19.6 Å². The van der Waals surface area contributed by atoms with Crippen molar-refractivity contribution in [3.8, 4) is 5.88 Å². The largest absolute Gasteiger partial charge is 0.595 e. The van der Waals surface area contributed by atoms with Crippen LogP contribution in [0.25, 0.3) is 16.6 Å². The van der Waals surface area contributed by atoms with Crippen LogP contribution in [0.15, 0.2) is 89.5 Å². The molecule has 19 heteroatoms. The smallest absolute Gasteiger partial charge is 0.267 e. The quantitative estimate of drug-likeness (QED) is 0.0891. The van der Waals surface area contributed by atoms with Crippen LogP contribution in [-0.2, 0) is 24.2 Å². The molecule has 1 aliphatic carbocycles. The number of nitrogens with one attached hydrogen (secondary N) is 4. The van der Waals surface area contributed by atoms with E-state index in [1.54, 1.807) is 12.3 Å². The number of ether oxygens (including phenoxy) is 4. The van der Waals surface area contributed by atoms with Crippen molar-refractivity contribution in [3.05, 3.63) is 106 Å². The van der Waals surface area contributed by atoms with E-state index in [0.29, 0.717) is 112 Å². The number of hydrogen-bond donors (Lipinski definition) is 5. The number of benzene rings is 3. The van der Waals surface area contributed by atoms with E-state index in [-0.39, 0.29) is 33.7 Å². The maximum atomic E-state index is 14.6. The predicted octanol–water partition coefficient (Wildman–Crippen LogP) is 7.07. The number of anilines is 4. The van der Waals surface area contributed by atoms with Gasteiger partial charge in [-0.1, -0.05) is 37.6 Å². The third kappa shape index (κ3) is 11.1. The molecule has 0 saturated carbocycles. The summed E-state index contributed by atoms with van der Waals surface area (Å²) in [6.45, 7) is 11.7. The van der Waals surface area contributed by atoms with E-state index in [9.17, 15) is 23.6 Å². The minimum atomic E-state index is -4.56. The van der Waals surface area contributed by atoms with E-state index in [4.69, 9.17) is 35.5 Å². The Morgan fingerprint density at radius 2 is 1.79 bits per heavy atom. The summed E-state index contributed by atoms with van der Waals surface area (Å²) in [6.07, 6.45) is 6.68. The Bertz CT molecular complexity index is 2870. The number of pyridine rings is 1. The van der Waals surface area contributed by atoms with Crippen LogP contribution in [-0.4, -0.2) is 125 Å². The number of halogens is 1. The summed E-state index contributed by atoms with van der Waals surface area (Å²) in [6, 6.07) is 21.4. The molecule has 3 aromatic carbocycles. The molecule has 6 heterocycles. The third-order valence-corrected chi connectivity index (χ3v) is 16.1. The molecular formula is C52H63ClN8O9S. The molecule has 0 spiro atoms. The van der Waals surface area contributed by atoms with Gasteiger partial charge in [-0.15, -0.1) is 0 Å². The second-order valence-electron chi connectivity index (χ2n) is 20.1. The molecule has 17 nitrogen and oxygen atoms in total. The number of carbonyl (C=O) groups excluding carboxylic acids is 1. The molecule has 0 radical (unpaired) electrons. The standard InChI is InChI=1S/C52H63ClN8O9S/c1-52(2)28-42(35-5-7-37(53)8-6-35)43-32-59-19-18-58(31-39(59)33-68-20-4-22-69-48(43)29-52)38-9-11-41(45(26-38)60-17-3-21-70-51-47(60)25-36-13-16-54-49(36)56-51)50(62)57-71(65,66)40-10-12-44(46(27-40)61(63)64)55-30-34-14-23-67-24-15-34/h5-13,16,25-27,34,39,48,55,61,63H,3-4,14-15,17-24,28-33H2,1-2H3,(H,54,56)(H,57,62)/t39?,48-/m1/s1. The van der Waals surface area contributed by atoms with Gasteiger partial charge in [-0.2, -0.15) is 10.2 Å². The van der Waals surface area contributed by atoms with Gasteiger partial charge in [-0.05, 0) is 121 Å². The van der Waals surface area contributed by atoms with Gasteiger partial charge in [0.25, 0.3) is 15.9 Å². The molecule has 3 saturated heterocycles. The summed E-state index contributed by atoms with van der Waals surface area (Å²) in [5.74, 6) is -0.190. The second kappa shape index (κ2) is 21.1. The lowest BCUT2D eigenvalue weighted by molar-refractivity contribution is -0.990. The molecule has 1 amide bonds. The van der Waals surface area contributed by atoms with Crippen molar-refractivity contribution in [2.45, 2.75) is 69.4 Å². The maximum Gasteiger partial charge on any atom is 0.267 e. The fourth-order valence-electron chi connectivity index (χ4n) is 10.7. The highest BCUT2D eigenvalue weighted by Crippen LogP contribution is 2.46. The number of allylic oxidation sites excluding steroid dienone is 1. The molecule has 5 aromatic rings. The predicted molar refractivity (Wildman–Crippen MR) is 273 cm³/mol. The van der Waals surface area contributed by atoms with Gasteiger partial charge in [0, 0.05) is 94.1 Å². The molecule has 4 aliphatic heterocycles. The van der Waals surface area contributed by atoms with Crippen LogP contribution in [0.4, 0.5) is 28.4 Å². The highest BCUT2D eigenvalue weighted by molar-refractivity contribution is 7.90. The topological polar surface area (TPSA) is 198 Å². The average Bonchev–Trinajstić information content (AvgIpc) is 3.71. The Balaban J connectivity index is 0.967. The number of fused-ring (bicyclic) bond motifs is 4. The zero-order valence-electron chi connectivity index (χ0n) is 40.3. The van der Waals surface area contributed by atoms with Crippen molar-refractivity contribution in [3.63, 3.8) is 0 Å². The first-order valence-corrected chi connectivity index (χ1v) is 26.6. The normalized spacial score (nSPS) is 22.0. The number of nitrogens with zero attached hydrogens (tertiary/aromatic N) is 4. The Hall–Kier alpha value is -5.28. The van der Waals surface area contributed by atoms with E-state index in [0.717, 1.165) is 62.3 Å². The number of rotatable bonds is 10. The molecule has 2 aromatic heterocycles. The number of carbonyl (C=O) groups is 1. The molecule has 10 rings (SSSR count). The van der Waals surface area contributed by atoms with E-state index >= 15 is 0 Å². The van der Waals surface area contributed by atoms with Crippen LogP contribution in [0.3, 0.4) is 0 Å². The second-order valence-corrected chi connectivity index (χ2v) is 22.2. The Labute approximate surface area is 419 Å². The van der Waals surface area contributed by atoms with Crippen LogP contribution in [0.1, 0.15) is 68.3 Å². The molecule has 5 N–H and O–H groups in total. The molecule has 3 fully saturated rings. The summed E-state index contributed by atoms with van der Waals surface area (Å²) in [7, 11) is -4.56. The number of sulfonamides is 1. The molecular weight excluding hydrogens is 948 g/mol. The lowest BCUT2D eigenvalue weighted by Crippen LogP contribution is -2.99. The monoisotopic (exact) mass is 1010 g/mol. The van der Waals surface area contributed by atoms with Gasteiger partial charge >= 0.3 is 0 Å². The maximum absolute atomic E-state index is 14.6. The summed E-state index contributed by atoms with van der Waals surface area (Å²) in [5, 5.41) is 26.1. The third-order valence-electron chi connectivity index (χ3n) is 14.5. The molecule has 5 aliphatic rings. The van der Waals surface area contributed by atoms with Gasteiger partial charge in [0.1, 0.15) is 11.3 Å². The van der Waals surface area contributed by atoms with Crippen LogP contribution < -0.4 is 29.8 Å². The van der Waals surface area contributed by atoms with Crippen LogP contribution in [0.2, 0.25) is 5.02 Å². The summed E-state index contributed by atoms with van der Waals surface area (Å²) in [4.78, 5) is 29.0. The number of aromatic nitrogens is 2. The number of aromatic amines is 1. The summed E-state index contributed by atoms with van der Waals surface area (Å²) >= 11 is 6.38. The first-order valence-electron chi connectivity index (χ1n) is 24.7. The highest BCUT2D eigenvalue weighted by Gasteiger charge is 2.39. The van der Waals surface area contributed by atoms with E-state index < -0.39 is 21.2 Å². The van der Waals surface area contributed by atoms with Crippen molar-refractivity contribution >= 4 is 72.6 Å². The Morgan fingerprint density at radius 3 is 2.61 bits per heavy atom. The van der Waals surface area contributed by atoms with Crippen molar-refractivity contribution in [2.24, 2.45) is 11.3 Å². The number of quaternary nitrogens is 1. The molecule has 378 valence electrons. The highest BCUT2D eigenvalue weighted by atomic mass is 35.5. The van der Waals surface area contributed by atoms with E-state index in [1.165, 1.54) is 28.8 Å². The Morgan fingerprint density at radius 1 is 0.958 bits per heavy atom. The van der Waals surface area contributed by atoms with Crippen molar-refractivity contribution in [1.29, 1.82) is 0 Å². The van der Waals surface area contributed by atoms with Crippen LogP contribution in [0, 0.1) is 16.5 Å². The van der Waals surface area contributed by atoms with E-state index in [2.05, 4.69) is 50.8 Å². The van der Waals surface area contributed by atoms with Crippen LogP contribution >= 0.6 is 11.6 Å². The van der Waals surface area contributed by atoms with Crippen LogP contribution in [0.5, 0.6) is 5.88 Å². The minimum Gasteiger partial charge on any atom is -0.595 e. The van der Waals surface area contributed by atoms with Gasteiger partial charge < -0.3 is 44.3 Å². The van der Waals surface area contributed by atoms with Gasteiger partial charge in [0.15, 0.2) is 5.69 Å². The lowest BCUT2D eigenvalue weighted by atomic mass is 9.71.